The molecule has 0 unspecified atom stereocenters. The van der Waals surface area contributed by atoms with Crippen molar-refractivity contribution in [2.24, 2.45) is 0 Å². The van der Waals surface area contributed by atoms with E-state index in [0.717, 1.165) is 34.5 Å². The number of fused-ring (bicyclic) bond motifs is 1. The Balaban J connectivity index is 0.000000160. The van der Waals surface area contributed by atoms with E-state index in [0.29, 0.717) is 6.10 Å². The molecule has 4 rings (SSSR count). The molecule has 1 aromatic heterocycles. The molecule has 1 fully saturated rings. The van der Waals surface area contributed by atoms with Crippen LogP contribution in [0, 0.1) is 0 Å². The van der Waals surface area contributed by atoms with E-state index in [1.165, 1.54) is 31.4 Å². The summed E-state index contributed by atoms with van der Waals surface area (Å²) in [5, 5.41) is 1.05. The lowest BCUT2D eigenvalue weighted by molar-refractivity contribution is -0.137. The fourth-order valence-electron chi connectivity index (χ4n) is 2.50. The van der Waals surface area contributed by atoms with Gasteiger partial charge in [-0.25, -0.2) is 0 Å². The number of aromatic nitrogens is 1. The number of aromatic amines is 1. The van der Waals surface area contributed by atoms with E-state index in [9.17, 15) is 13.2 Å². The van der Waals surface area contributed by atoms with E-state index in [1.54, 1.807) is 6.07 Å². The maximum atomic E-state index is 11.8. The van der Waals surface area contributed by atoms with E-state index in [-0.39, 0.29) is 0 Å². The molecule has 0 radical (unpaired) electrons. The average Bonchev–Trinajstić information content (AvgIpc) is 2.93. The molecule has 2 aromatic carbocycles. The zero-order chi connectivity index (χ0) is 17.9. The Morgan fingerprint density at radius 1 is 1.04 bits per heavy atom. The summed E-state index contributed by atoms with van der Waals surface area (Å²) in [7, 11) is 0. The number of halogens is 3. The lowest BCUT2D eigenvalue weighted by Gasteiger charge is -2.26. The van der Waals surface area contributed by atoms with Crippen molar-refractivity contribution in [3.63, 3.8) is 0 Å². The summed E-state index contributed by atoms with van der Waals surface area (Å²) < 4.78 is 41.2. The van der Waals surface area contributed by atoms with Gasteiger partial charge in [-0.3, -0.25) is 0 Å². The lowest BCUT2D eigenvalue weighted by atomic mass is 9.96. The van der Waals surface area contributed by atoms with Crippen molar-refractivity contribution in [2.75, 3.05) is 5.73 Å². The number of anilines is 1. The van der Waals surface area contributed by atoms with Crippen molar-refractivity contribution in [3.8, 4) is 5.75 Å². The molecule has 0 spiro atoms. The predicted molar refractivity (Wildman–Crippen MR) is 92.4 cm³/mol. The molecular formula is C19H19F3N2O. The first-order valence-electron chi connectivity index (χ1n) is 8.09. The summed E-state index contributed by atoms with van der Waals surface area (Å²) in [6.07, 6.45) is 1.68. The lowest BCUT2D eigenvalue weighted by Crippen LogP contribution is -2.24. The maximum absolute atomic E-state index is 11.8. The van der Waals surface area contributed by atoms with Crippen molar-refractivity contribution in [1.82, 2.24) is 4.98 Å². The number of nitrogens with one attached hydrogen (secondary N) is 1. The number of H-pyrrole nitrogens is 1. The van der Waals surface area contributed by atoms with Gasteiger partial charge in [0.05, 0.1) is 17.4 Å². The first-order chi connectivity index (χ1) is 11.9. The molecule has 1 heterocycles. The Kier molecular flexibility index (Phi) is 4.88. The van der Waals surface area contributed by atoms with Gasteiger partial charge in [-0.1, -0.05) is 30.3 Å². The number of nitrogen functional groups attached to an aromatic ring is 1. The Hall–Kier alpha value is -2.63. The minimum atomic E-state index is -4.21. The number of benzene rings is 2. The Bertz CT molecular complexity index is 824. The van der Waals surface area contributed by atoms with Crippen LogP contribution >= 0.6 is 0 Å². The van der Waals surface area contributed by atoms with Crippen LogP contribution in [0.5, 0.6) is 5.75 Å². The van der Waals surface area contributed by atoms with Crippen molar-refractivity contribution in [3.05, 3.63) is 60.3 Å². The van der Waals surface area contributed by atoms with Gasteiger partial charge in [0.15, 0.2) is 0 Å². The van der Waals surface area contributed by atoms with Crippen LogP contribution in [0.1, 0.15) is 24.8 Å². The summed E-state index contributed by atoms with van der Waals surface area (Å²) in [5.41, 5.74) is 7.08. The summed E-state index contributed by atoms with van der Waals surface area (Å²) in [6, 6.07) is 12.4. The largest absolute Gasteiger partial charge is 0.490 e. The minimum absolute atomic E-state index is 0.419. The van der Waals surface area contributed by atoms with E-state index >= 15 is 0 Å². The minimum Gasteiger partial charge on any atom is -0.490 e. The zero-order valence-electron chi connectivity index (χ0n) is 13.5. The number of ether oxygens (including phenoxy) is 1. The quantitative estimate of drug-likeness (QED) is 0.653. The third kappa shape index (κ3) is 4.26. The normalized spacial score (nSPS) is 14.5. The van der Waals surface area contributed by atoms with Crippen LogP contribution < -0.4 is 10.5 Å². The van der Waals surface area contributed by atoms with Crippen molar-refractivity contribution in [2.45, 2.75) is 31.5 Å². The molecule has 0 aliphatic heterocycles. The highest BCUT2D eigenvalue weighted by molar-refractivity contribution is 5.92. The molecule has 3 nitrogen and oxygen atoms in total. The molecule has 3 N–H and O–H groups in total. The van der Waals surface area contributed by atoms with Gasteiger partial charge >= 0.3 is 6.18 Å². The van der Waals surface area contributed by atoms with Crippen LogP contribution in [-0.4, -0.2) is 11.1 Å². The molecule has 1 aliphatic rings. The third-order valence-corrected chi connectivity index (χ3v) is 4.14. The average molecular weight is 348 g/mol. The smallest absolute Gasteiger partial charge is 0.416 e. The summed E-state index contributed by atoms with van der Waals surface area (Å²) in [5.74, 6) is 0.929. The SMILES string of the molecule is FC(F)(F)c1ccccc1.Nc1c[nH]c2ccc(OC3CCC3)cc12. The topological polar surface area (TPSA) is 51.0 Å². The number of hydrogen-bond acceptors (Lipinski definition) is 2. The van der Waals surface area contributed by atoms with E-state index in [2.05, 4.69) is 4.98 Å². The second kappa shape index (κ2) is 7.09. The van der Waals surface area contributed by atoms with Crippen LogP contribution in [0.2, 0.25) is 0 Å². The number of nitrogens with two attached hydrogens (primary N) is 1. The highest BCUT2D eigenvalue weighted by atomic mass is 19.4. The van der Waals surface area contributed by atoms with E-state index < -0.39 is 11.7 Å². The third-order valence-electron chi connectivity index (χ3n) is 4.14. The molecule has 0 bridgehead atoms. The van der Waals surface area contributed by atoms with Gasteiger partial charge in [0.1, 0.15) is 5.75 Å². The Morgan fingerprint density at radius 2 is 1.76 bits per heavy atom. The number of alkyl halides is 3. The van der Waals surface area contributed by atoms with Crippen LogP contribution in [0.25, 0.3) is 10.9 Å². The molecule has 0 saturated heterocycles. The van der Waals surface area contributed by atoms with Crippen molar-refractivity contribution >= 4 is 16.6 Å². The van der Waals surface area contributed by atoms with Crippen molar-refractivity contribution < 1.29 is 17.9 Å². The van der Waals surface area contributed by atoms with Crippen LogP contribution in [0.3, 0.4) is 0 Å². The number of hydrogen-bond donors (Lipinski definition) is 2. The summed E-state index contributed by atoms with van der Waals surface area (Å²) in [4.78, 5) is 3.12. The van der Waals surface area contributed by atoms with Crippen LogP contribution in [0.15, 0.2) is 54.7 Å². The van der Waals surface area contributed by atoms with Gasteiger partial charge in [-0.15, -0.1) is 0 Å². The standard InChI is InChI=1S/C12H14N2O.C7H5F3/c13-11-7-14-12-5-4-9(6-10(11)12)15-8-2-1-3-8;8-7(9,10)6-4-2-1-3-5-6/h4-8,14H,1-3,13H2;1-5H. The van der Waals surface area contributed by atoms with Gasteiger partial charge in [0, 0.05) is 17.1 Å². The molecule has 25 heavy (non-hydrogen) atoms. The first-order valence-corrected chi connectivity index (χ1v) is 8.09. The predicted octanol–water partition coefficient (Wildman–Crippen LogP) is 5.39. The Labute approximate surface area is 143 Å². The second-order valence-corrected chi connectivity index (χ2v) is 5.99. The van der Waals surface area contributed by atoms with Gasteiger partial charge in [-0.05, 0) is 37.5 Å². The van der Waals surface area contributed by atoms with E-state index in [4.69, 9.17) is 10.5 Å². The number of rotatable bonds is 2. The molecule has 6 heteroatoms. The van der Waals surface area contributed by atoms with E-state index in [1.807, 2.05) is 24.4 Å². The highest BCUT2D eigenvalue weighted by Crippen LogP contribution is 2.29. The Morgan fingerprint density at radius 3 is 2.32 bits per heavy atom. The fourth-order valence-corrected chi connectivity index (χ4v) is 2.50. The summed E-state index contributed by atoms with van der Waals surface area (Å²) in [6.45, 7) is 0. The molecule has 132 valence electrons. The van der Waals surface area contributed by atoms with Gasteiger partial charge < -0.3 is 15.5 Å². The molecule has 1 saturated carbocycles. The van der Waals surface area contributed by atoms with Crippen LogP contribution in [-0.2, 0) is 6.18 Å². The summed E-state index contributed by atoms with van der Waals surface area (Å²) >= 11 is 0. The molecule has 0 amide bonds. The maximum Gasteiger partial charge on any atom is 0.416 e. The first kappa shape index (κ1) is 17.2. The zero-order valence-corrected chi connectivity index (χ0v) is 13.5. The van der Waals surface area contributed by atoms with Gasteiger partial charge in [-0.2, -0.15) is 13.2 Å². The molecule has 3 aromatic rings. The van der Waals surface area contributed by atoms with Gasteiger partial charge in [0.2, 0.25) is 0 Å². The molecular weight excluding hydrogens is 329 g/mol. The second-order valence-electron chi connectivity index (χ2n) is 5.99. The molecule has 1 aliphatic carbocycles. The highest BCUT2D eigenvalue weighted by Gasteiger charge is 2.29. The van der Waals surface area contributed by atoms with Crippen LogP contribution in [0.4, 0.5) is 18.9 Å². The van der Waals surface area contributed by atoms with Crippen molar-refractivity contribution in [1.29, 1.82) is 0 Å². The monoisotopic (exact) mass is 348 g/mol. The fraction of sp³-hybridized carbons (Fsp3) is 0.263. The van der Waals surface area contributed by atoms with Gasteiger partial charge in [0.25, 0.3) is 0 Å². The molecule has 0 atom stereocenters.